The summed E-state index contributed by atoms with van der Waals surface area (Å²) in [5.41, 5.74) is 0.455. The predicted molar refractivity (Wildman–Crippen MR) is 58.0 cm³/mol. The van der Waals surface area contributed by atoms with E-state index >= 15 is 0 Å². The normalized spacial score (nSPS) is 18.7. The molecule has 1 heterocycles. The summed E-state index contributed by atoms with van der Waals surface area (Å²) < 4.78 is 0. The van der Waals surface area contributed by atoms with Crippen LogP contribution in [0.15, 0.2) is 24.0 Å². The van der Waals surface area contributed by atoms with Crippen LogP contribution in [0.3, 0.4) is 0 Å². The molecule has 15 heavy (non-hydrogen) atoms. The van der Waals surface area contributed by atoms with Crippen molar-refractivity contribution in [3.63, 3.8) is 0 Å². The molecular formula is C11H16N2O2. The van der Waals surface area contributed by atoms with Crippen molar-refractivity contribution in [2.24, 2.45) is 0 Å². The van der Waals surface area contributed by atoms with E-state index in [9.17, 15) is 9.90 Å². The summed E-state index contributed by atoms with van der Waals surface area (Å²) in [6.45, 7) is 6.86. The molecule has 0 aromatic rings. The first-order valence-electron chi connectivity index (χ1n) is 4.76. The van der Waals surface area contributed by atoms with Crippen molar-refractivity contribution < 1.29 is 9.90 Å². The van der Waals surface area contributed by atoms with Crippen molar-refractivity contribution in [2.45, 2.75) is 32.7 Å². The van der Waals surface area contributed by atoms with Gasteiger partial charge in [-0.3, -0.25) is 4.79 Å². The van der Waals surface area contributed by atoms with Gasteiger partial charge < -0.3 is 10.4 Å². The lowest BCUT2D eigenvalue weighted by molar-refractivity contribution is -0.117. The Morgan fingerprint density at radius 1 is 1.73 bits per heavy atom. The number of allylic oxidation sites excluding steroid dienone is 1. The van der Waals surface area contributed by atoms with E-state index in [1.807, 2.05) is 6.92 Å². The Balaban J connectivity index is 0.000000583. The fraction of sp³-hybridized carbons (Fsp3) is 0.455. The third-order valence-electron chi connectivity index (χ3n) is 1.98. The standard InChI is InChI=1S/C9H13NO2.C2H3N/c1-3-5-6-8(11)7(4-2)10-9(6)12;1-2-3/h3,7,11H,1,4-5H2,2H3,(H,10,12);1H3. The van der Waals surface area contributed by atoms with Gasteiger partial charge in [-0.05, 0) is 12.8 Å². The fourth-order valence-corrected chi connectivity index (χ4v) is 1.28. The molecule has 0 fully saturated rings. The Morgan fingerprint density at radius 3 is 2.60 bits per heavy atom. The minimum absolute atomic E-state index is 0.167. The van der Waals surface area contributed by atoms with Crippen LogP contribution in [0.5, 0.6) is 0 Å². The number of hydrogen-bond acceptors (Lipinski definition) is 3. The Morgan fingerprint density at radius 2 is 2.27 bits per heavy atom. The molecule has 0 saturated carbocycles. The van der Waals surface area contributed by atoms with Crippen molar-refractivity contribution in [3.05, 3.63) is 24.0 Å². The first kappa shape index (κ1) is 13.2. The molecule has 4 heteroatoms. The second-order valence-corrected chi connectivity index (χ2v) is 3.01. The zero-order valence-electron chi connectivity index (χ0n) is 9.08. The highest BCUT2D eigenvalue weighted by Crippen LogP contribution is 2.19. The smallest absolute Gasteiger partial charge is 0.251 e. The second kappa shape index (κ2) is 6.66. The number of carbonyl (C=O) groups is 1. The van der Waals surface area contributed by atoms with E-state index in [1.54, 1.807) is 12.1 Å². The molecule has 0 aliphatic carbocycles. The van der Waals surface area contributed by atoms with Gasteiger partial charge in [-0.25, -0.2) is 0 Å². The van der Waals surface area contributed by atoms with Gasteiger partial charge in [0, 0.05) is 6.92 Å². The molecule has 1 aliphatic heterocycles. The molecule has 0 aromatic carbocycles. The van der Waals surface area contributed by atoms with Gasteiger partial charge >= 0.3 is 0 Å². The third kappa shape index (κ3) is 3.47. The SMILES string of the molecule is C=CCC1=C(O)C(CC)NC1=O.CC#N. The molecule has 0 spiro atoms. The second-order valence-electron chi connectivity index (χ2n) is 3.01. The van der Waals surface area contributed by atoms with E-state index < -0.39 is 0 Å². The van der Waals surface area contributed by atoms with Crippen LogP contribution < -0.4 is 5.32 Å². The highest BCUT2D eigenvalue weighted by Gasteiger charge is 2.28. The zero-order valence-corrected chi connectivity index (χ0v) is 9.08. The highest BCUT2D eigenvalue weighted by molar-refractivity contribution is 5.97. The van der Waals surface area contributed by atoms with Crippen molar-refractivity contribution in [1.29, 1.82) is 5.26 Å². The van der Waals surface area contributed by atoms with Crippen molar-refractivity contribution in [2.75, 3.05) is 0 Å². The van der Waals surface area contributed by atoms with Crippen LogP contribution in [0, 0.1) is 11.3 Å². The van der Waals surface area contributed by atoms with Gasteiger partial charge in [0.15, 0.2) is 0 Å². The summed E-state index contributed by atoms with van der Waals surface area (Å²) in [6.07, 6.45) is 2.77. The maximum atomic E-state index is 11.2. The van der Waals surface area contributed by atoms with Crippen molar-refractivity contribution >= 4 is 5.91 Å². The summed E-state index contributed by atoms with van der Waals surface area (Å²) in [5.74, 6) is 0.0154. The van der Waals surface area contributed by atoms with E-state index in [-0.39, 0.29) is 17.7 Å². The topological polar surface area (TPSA) is 73.1 Å². The Bertz CT molecular complexity index is 313. The molecule has 1 atom stereocenters. The Kier molecular flexibility index (Phi) is 5.88. The van der Waals surface area contributed by atoms with Crippen LogP contribution in [0.4, 0.5) is 0 Å². The zero-order chi connectivity index (χ0) is 11.8. The molecule has 1 unspecified atom stereocenters. The molecule has 82 valence electrons. The molecular weight excluding hydrogens is 192 g/mol. The largest absolute Gasteiger partial charge is 0.510 e. The maximum Gasteiger partial charge on any atom is 0.251 e. The molecule has 0 bridgehead atoms. The molecule has 1 aliphatic rings. The number of amides is 1. The minimum atomic E-state index is -0.188. The van der Waals surface area contributed by atoms with Crippen LogP contribution >= 0.6 is 0 Å². The number of aliphatic hydroxyl groups is 1. The molecule has 4 nitrogen and oxygen atoms in total. The minimum Gasteiger partial charge on any atom is -0.510 e. The van der Waals surface area contributed by atoms with Crippen LogP contribution in [0.1, 0.15) is 26.7 Å². The van der Waals surface area contributed by atoms with Gasteiger partial charge in [-0.2, -0.15) is 5.26 Å². The van der Waals surface area contributed by atoms with E-state index in [0.29, 0.717) is 12.0 Å². The maximum absolute atomic E-state index is 11.2. The first-order valence-corrected chi connectivity index (χ1v) is 4.76. The number of nitrogens with one attached hydrogen (secondary N) is 1. The number of carbonyl (C=O) groups excluding carboxylic acids is 1. The van der Waals surface area contributed by atoms with Gasteiger partial charge in [-0.1, -0.05) is 13.0 Å². The van der Waals surface area contributed by atoms with Crippen molar-refractivity contribution in [3.8, 4) is 6.07 Å². The third-order valence-corrected chi connectivity index (χ3v) is 1.98. The summed E-state index contributed by atoms with van der Waals surface area (Å²) in [6, 6.07) is 1.56. The Labute approximate surface area is 89.9 Å². The van der Waals surface area contributed by atoms with E-state index in [4.69, 9.17) is 5.26 Å². The number of aliphatic hydroxyl groups excluding tert-OH is 1. The van der Waals surface area contributed by atoms with E-state index in [0.717, 1.165) is 6.42 Å². The van der Waals surface area contributed by atoms with Gasteiger partial charge in [0.1, 0.15) is 5.76 Å². The monoisotopic (exact) mass is 208 g/mol. The number of nitrogens with zero attached hydrogens (tertiary/aromatic N) is 1. The molecule has 0 aromatic heterocycles. The lowest BCUT2D eigenvalue weighted by Gasteiger charge is -2.05. The summed E-state index contributed by atoms with van der Waals surface area (Å²) in [4.78, 5) is 11.2. The first-order chi connectivity index (χ1) is 7.12. The highest BCUT2D eigenvalue weighted by atomic mass is 16.3. The van der Waals surface area contributed by atoms with E-state index in [1.165, 1.54) is 6.92 Å². The van der Waals surface area contributed by atoms with Gasteiger partial charge in [-0.15, -0.1) is 6.58 Å². The quantitative estimate of drug-likeness (QED) is 0.695. The van der Waals surface area contributed by atoms with Crippen LogP contribution in [-0.4, -0.2) is 17.1 Å². The molecule has 2 N–H and O–H groups in total. The average molecular weight is 208 g/mol. The summed E-state index contributed by atoms with van der Waals surface area (Å²) in [5, 5.41) is 19.5. The molecule has 0 radical (unpaired) electrons. The average Bonchev–Trinajstić information content (AvgIpc) is 2.47. The molecule has 1 rings (SSSR count). The lowest BCUT2D eigenvalue weighted by atomic mass is 10.1. The lowest BCUT2D eigenvalue weighted by Crippen LogP contribution is -2.27. The molecule has 0 saturated heterocycles. The Hall–Kier alpha value is -1.76. The van der Waals surface area contributed by atoms with Crippen LogP contribution in [0.25, 0.3) is 0 Å². The van der Waals surface area contributed by atoms with Gasteiger partial charge in [0.2, 0.25) is 0 Å². The van der Waals surface area contributed by atoms with Gasteiger partial charge in [0.25, 0.3) is 5.91 Å². The predicted octanol–water partition coefficient (Wildman–Crippen LogP) is 1.81. The van der Waals surface area contributed by atoms with E-state index in [2.05, 4.69) is 11.9 Å². The fourth-order valence-electron chi connectivity index (χ4n) is 1.28. The van der Waals surface area contributed by atoms with Crippen LogP contribution in [0.2, 0.25) is 0 Å². The molecule has 1 amide bonds. The summed E-state index contributed by atoms with van der Waals surface area (Å²) >= 11 is 0. The number of hydrogen-bond donors (Lipinski definition) is 2. The van der Waals surface area contributed by atoms with Crippen molar-refractivity contribution in [1.82, 2.24) is 5.32 Å². The number of rotatable bonds is 3. The number of nitriles is 1. The summed E-state index contributed by atoms with van der Waals surface area (Å²) in [7, 11) is 0. The van der Waals surface area contributed by atoms with Gasteiger partial charge in [0.05, 0.1) is 17.7 Å². The van der Waals surface area contributed by atoms with Crippen LogP contribution in [-0.2, 0) is 4.79 Å².